The van der Waals surface area contributed by atoms with Crippen LogP contribution in [0.5, 0.6) is 0 Å². The van der Waals surface area contributed by atoms with Crippen molar-refractivity contribution in [1.82, 2.24) is 0 Å². The minimum absolute atomic E-state index is 0.381. The molecule has 0 bridgehead atoms. The van der Waals surface area contributed by atoms with Gasteiger partial charge in [-0.2, -0.15) is 0 Å². The standard InChI is InChI=1S/C19H32O8/c1-9(21)5-6-11-10(2)14(22)12(7-19(11,3)4)26-18-17(25)16(24)15(23)13(8-20)27-18/h5-6,9,12-18,20-25H,7-8H2,1-4H3/b6-5+/t9?,12-,13+,14-,15+,16-,17+,18+/m0/s1. The van der Waals surface area contributed by atoms with Crippen LogP contribution in [0.4, 0.5) is 0 Å². The zero-order chi connectivity index (χ0) is 20.5. The van der Waals surface area contributed by atoms with Crippen LogP contribution in [0.15, 0.2) is 23.3 Å². The summed E-state index contributed by atoms with van der Waals surface area (Å²) in [5.41, 5.74) is 1.19. The average molecular weight is 388 g/mol. The van der Waals surface area contributed by atoms with Crippen LogP contribution in [0.2, 0.25) is 0 Å². The van der Waals surface area contributed by atoms with Gasteiger partial charge in [0.15, 0.2) is 6.29 Å². The molecule has 2 rings (SSSR count). The van der Waals surface area contributed by atoms with Crippen molar-refractivity contribution in [1.29, 1.82) is 0 Å². The Labute approximate surface area is 159 Å². The Kier molecular flexibility index (Phi) is 7.21. The SMILES string of the molecule is CC1=C(/C=C/C(C)O)C(C)(C)C[C@H](O[C@@H]2O[C@H](CO)[C@@H](O)[C@H](O)[C@H]2O)[C@H]1O. The molecule has 1 unspecified atom stereocenters. The molecule has 1 heterocycles. The fourth-order valence-corrected chi connectivity index (χ4v) is 3.76. The molecular weight excluding hydrogens is 356 g/mol. The molecule has 0 aromatic carbocycles. The third kappa shape index (κ3) is 4.78. The summed E-state index contributed by atoms with van der Waals surface area (Å²) in [5.74, 6) is 0. The van der Waals surface area contributed by atoms with Gasteiger partial charge in [-0.25, -0.2) is 0 Å². The first kappa shape index (κ1) is 22.4. The molecular formula is C19H32O8. The molecule has 6 N–H and O–H groups in total. The molecule has 156 valence electrons. The Balaban J connectivity index is 2.21. The van der Waals surface area contributed by atoms with E-state index < -0.39 is 55.6 Å². The summed E-state index contributed by atoms with van der Waals surface area (Å²) in [6.07, 6.45) is -5.32. The highest BCUT2D eigenvalue weighted by molar-refractivity contribution is 5.36. The Hall–Kier alpha value is -0.840. The molecule has 8 heteroatoms. The van der Waals surface area contributed by atoms with Gasteiger partial charge in [-0.05, 0) is 36.8 Å². The second kappa shape index (κ2) is 8.67. The largest absolute Gasteiger partial charge is 0.394 e. The number of rotatable bonds is 5. The number of allylic oxidation sites excluding steroid dienone is 2. The number of ether oxygens (including phenoxy) is 2. The van der Waals surface area contributed by atoms with Crippen molar-refractivity contribution in [2.75, 3.05) is 6.61 Å². The van der Waals surface area contributed by atoms with Gasteiger partial charge in [0.25, 0.3) is 0 Å². The lowest BCUT2D eigenvalue weighted by molar-refractivity contribution is -0.318. The van der Waals surface area contributed by atoms with Crippen molar-refractivity contribution in [3.63, 3.8) is 0 Å². The van der Waals surface area contributed by atoms with Crippen LogP contribution in [0, 0.1) is 5.41 Å². The highest BCUT2D eigenvalue weighted by atomic mass is 16.7. The summed E-state index contributed by atoms with van der Waals surface area (Å²) in [6.45, 7) is 6.83. The van der Waals surface area contributed by atoms with E-state index in [0.717, 1.165) is 5.57 Å². The van der Waals surface area contributed by atoms with Gasteiger partial charge in [-0.15, -0.1) is 0 Å². The smallest absolute Gasteiger partial charge is 0.187 e. The van der Waals surface area contributed by atoms with E-state index in [1.807, 2.05) is 13.8 Å². The Morgan fingerprint density at radius 2 is 1.81 bits per heavy atom. The highest BCUT2D eigenvalue weighted by Crippen LogP contribution is 2.43. The summed E-state index contributed by atoms with van der Waals surface area (Å²) in [6, 6.07) is 0. The Morgan fingerprint density at radius 1 is 1.19 bits per heavy atom. The minimum Gasteiger partial charge on any atom is -0.394 e. The summed E-state index contributed by atoms with van der Waals surface area (Å²) in [5, 5.41) is 59.4. The average Bonchev–Trinajstić information content (AvgIpc) is 2.59. The Morgan fingerprint density at radius 3 is 2.37 bits per heavy atom. The first-order valence-corrected chi connectivity index (χ1v) is 9.21. The predicted molar refractivity (Wildman–Crippen MR) is 96.6 cm³/mol. The van der Waals surface area contributed by atoms with Crippen LogP contribution in [0.1, 0.15) is 34.1 Å². The van der Waals surface area contributed by atoms with E-state index in [1.54, 1.807) is 26.0 Å². The molecule has 1 aliphatic carbocycles. The Bertz CT molecular complexity index is 568. The van der Waals surface area contributed by atoms with Crippen LogP contribution in [0.3, 0.4) is 0 Å². The lowest BCUT2D eigenvalue weighted by Crippen LogP contribution is -2.60. The molecule has 0 aromatic rings. The van der Waals surface area contributed by atoms with Crippen LogP contribution in [-0.4, -0.2) is 86.3 Å². The monoisotopic (exact) mass is 388 g/mol. The van der Waals surface area contributed by atoms with Gasteiger partial charge >= 0.3 is 0 Å². The third-order valence-corrected chi connectivity index (χ3v) is 5.36. The zero-order valence-corrected chi connectivity index (χ0v) is 16.2. The van der Waals surface area contributed by atoms with E-state index in [2.05, 4.69) is 0 Å². The van der Waals surface area contributed by atoms with E-state index in [4.69, 9.17) is 9.47 Å². The van der Waals surface area contributed by atoms with E-state index in [-0.39, 0.29) is 5.41 Å². The van der Waals surface area contributed by atoms with Crippen LogP contribution in [-0.2, 0) is 9.47 Å². The number of hydrogen-bond acceptors (Lipinski definition) is 8. The summed E-state index contributed by atoms with van der Waals surface area (Å²) < 4.78 is 11.2. The maximum absolute atomic E-state index is 10.7. The molecule has 8 nitrogen and oxygen atoms in total. The molecule has 0 radical (unpaired) electrons. The van der Waals surface area contributed by atoms with Crippen LogP contribution in [0.25, 0.3) is 0 Å². The fraction of sp³-hybridized carbons (Fsp3) is 0.789. The first-order chi connectivity index (χ1) is 12.5. The van der Waals surface area contributed by atoms with Gasteiger partial charge in [0.1, 0.15) is 30.5 Å². The quantitative estimate of drug-likeness (QED) is 0.360. The van der Waals surface area contributed by atoms with Gasteiger partial charge in [-0.3, -0.25) is 0 Å². The summed E-state index contributed by atoms with van der Waals surface area (Å²) in [7, 11) is 0. The van der Waals surface area contributed by atoms with E-state index in [0.29, 0.717) is 12.0 Å². The van der Waals surface area contributed by atoms with Crippen molar-refractivity contribution >= 4 is 0 Å². The van der Waals surface area contributed by atoms with E-state index in [9.17, 15) is 30.6 Å². The molecule has 8 atom stereocenters. The summed E-state index contributed by atoms with van der Waals surface area (Å²) >= 11 is 0. The first-order valence-electron chi connectivity index (χ1n) is 9.21. The zero-order valence-electron chi connectivity index (χ0n) is 16.2. The van der Waals surface area contributed by atoms with Gasteiger partial charge in [0.2, 0.25) is 0 Å². The topological polar surface area (TPSA) is 140 Å². The second-order valence-corrected chi connectivity index (χ2v) is 8.10. The number of aliphatic hydroxyl groups is 6. The van der Waals surface area contributed by atoms with Crippen molar-refractivity contribution in [2.45, 2.75) is 83.1 Å². The van der Waals surface area contributed by atoms with Gasteiger partial charge in [0.05, 0.1) is 18.8 Å². The maximum Gasteiger partial charge on any atom is 0.187 e. The van der Waals surface area contributed by atoms with E-state index in [1.165, 1.54) is 0 Å². The second-order valence-electron chi connectivity index (χ2n) is 8.10. The van der Waals surface area contributed by atoms with Crippen LogP contribution < -0.4 is 0 Å². The maximum atomic E-state index is 10.7. The van der Waals surface area contributed by atoms with Crippen molar-refractivity contribution < 1.29 is 40.1 Å². The molecule has 27 heavy (non-hydrogen) atoms. The normalized spacial score (nSPS) is 41.2. The van der Waals surface area contributed by atoms with Gasteiger partial charge in [-0.1, -0.05) is 26.0 Å². The molecule has 2 aliphatic rings. The molecule has 1 fully saturated rings. The lowest BCUT2D eigenvalue weighted by Gasteiger charge is -2.45. The van der Waals surface area contributed by atoms with E-state index >= 15 is 0 Å². The fourth-order valence-electron chi connectivity index (χ4n) is 3.76. The number of hydrogen-bond donors (Lipinski definition) is 6. The summed E-state index contributed by atoms with van der Waals surface area (Å²) in [4.78, 5) is 0. The third-order valence-electron chi connectivity index (χ3n) is 5.36. The highest BCUT2D eigenvalue weighted by Gasteiger charge is 2.47. The molecule has 0 saturated carbocycles. The minimum atomic E-state index is -1.53. The molecule has 0 aromatic heterocycles. The lowest BCUT2D eigenvalue weighted by atomic mass is 9.70. The molecule has 0 amide bonds. The molecule has 0 spiro atoms. The molecule has 1 saturated heterocycles. The molecule has 1 aliphatic heterocycles. The predicted octanol–water partition coefficient (Wildman–Crippen LogP) is -0.784. The van der Waals surface area contributed by atoms with Crippen LogP contribution >= 0.6 is 0 Å². The van der Waals surface area contributed by atoms with Gasteiger partial charge < -0.3 is 40.1 Å². The van der Waals surface area contributed by atoms with Crippen molar-refractivity contribution in [3.8, 4) is 0 Å². The van der Waals surface area contributed by atoms with Crippen molar-refractivity contribution in [3.05, 3.63) is 23.3 Å². The van der Waals surface area contributed by atoms with Gasteiger partial charge in [0, 0.05) is 0 Å². The number of aliphatic hydroxyl groups excluding tert-OH is 6. The van der Waals surface area contributed by atoms with Crippen molar-refractivity contribution in [2.24, 2.45) is 5.41 Å².